The summed E-state index contributed by atoms with van der Waals surface area (Å²) in [6, 6.07) is 0. The molecule has 1 aliphatic heterocycles. The van der Waals surface area contributed by atoms with Crippen LogP contribution < -0.4 is 0 Å². The Kier molecular flexibility index (Phi) is 7.84. The zero-order valence-corrected chi connectivity index (χ0v) is 15.8. The van der Waals surface area contributed by atoms with E-state index < -0.39 is 5.79 Å². The van der Waals surface area contributed by atoms with E-state index in [0.29, 0.717) is 18.1 Å². The molecule has 0 aromatic carbocycles. The Morgan fingerprint density at radius 3 is 2.35 bits per heavy atom. The summed E-state index contributed by atoms with van der Waals surface area (Å²) in [7, 11) is 3.58. The third-order valence-corrected chi connectivity index (χ3v) is 6.19. The number of methoxy groups -OCH3 is 2. The predicted molar refractivity (Wildman–Crippen MR) is 94.5 cm³/mol. The Hall–Kier alpha value is -0.120. The van der Waals surface area contributed by atoms with Gasteiger partial charge >= 0.3 is 0 Å². The van der Waals surface area contributed by atoms with Gasteiger partial charge in [0.05, 0.1) is 12.2 Å². The van der Waals surface area contributed by atoms with Crippen LogP contribution in [-0.2, 0) is 14.2 Å². The van der Waals surface area contributed by atoms with E-state index in [1.807, 2.05) is 0 Å². The molecule has 1 heterocycles. The quantitative estimate of drug-likeness (QED) is 0.276. The zero-order chi connectivity index (χ0) is 16.7. The first-order valence-corrected chi connectivity index (χ1v) is 9.88. The molecule has 2 aliphatic rings. The summed E-state index contributed by atoms with van der Waals surface area (Å²) < 4.78 is 17.2. The van der Waals surface area contributed by atoms with Gasteiger partial charge in [-0.15, -0.1) is 0 Å². The molecule has 0 bridgehead atoms. The lowest BCUT2D eigenvalue weighted by molar-refractivity contribution is -0.232. The van der Waals surface area contributed by atoms with Crippen molar-refractivity contribution in [2.45, 2.75) is 102 Å². The van der Waals surface area contributed by atoms with Gasteiger partial charge in [-0.3, -0.25) is 0 Å². The van der Waals surface area contributed by atoms with Gasteiger partial charge in [0, 0.05) is 20.1 Å². The highest BCUT2D eigenvalue weighted by Crippen LogP contribution is 2.44. The van der Waals surface area contributed by atoms with Gasteiger partial charge in [-0.05, 0) is 44.9 Å². The smallest absolute Gasteiger partial charge is 0.167 e. The number of epoxide rings is 1. The molecule has 0 aromatic rings. The van der Waals surface area contributed by atoms with E-state index in [1.165, 1.54) is 70.6 Å². The van der Waals surface area contributed by atoms with Gasteiger partial charge in [-0.25, -0.2) is 0 Å². The van der Waals surface area contributed by atoms with Crippen LogP contribution in [0.1, 0.15) is 84.5 Å². The van der Waals surface area contributed by atoms with Gasteiger partial charge in [0.25, 0.3) is 0 Å². The van der Waals surface area contributed by atoms with Crippen molar-refractivity contribution in [1.82, 2.24) is 0 Å². The van der Waals surface area contributed by atoms with Crippen LogP contribution in [0.5, 0.6) is 0 Å². The molecule has 4 unspecified atom stereocenters. The summed E-state index contributed by atoms with van der Waals surface area (Å²) >= 11 is 0. The number of hydrogen-bond donors (Lipinski definition) is 0. The minimum absolute atomic E-state index is 0.440. The molecule has 4 atom stereocenters. The number of rotatable bonds is 12. The van der Waals surface area contributed by atoms with Gasteiger partial charge < -0.3 is 14.2 Å². The van der Waals surface area contributed by atoms with Gasteiger partial charge in [0.1, 0.15) is 0 Å². The van der Waals surface area contributed by atoms with Gasteiger partial charge in [0.15, 0.2) is 5.79 Å². The average molecular weight is 327 g/mol. The first-order valence-electron chi connectivity index (χ1n) is 9.88. The van der Waals surface area contributed by atoms with Crippen LogP contribution in [0.25, 0.3) is 0 Å². The van der Waals surface area contributed by atoms with Crippen LogP contribution >= 0.6 is 0 Å². The lowest BCUT2D eigenvalue weighted by atomic mass is 9.78. The Bertz CT molecular complexity index is 327. The normalized spacial score (nSPS) is 28.4. The minimum atomic E-state index is -0.440. The number of hydrogen-bond acceptors (Lipinski definition) is 3. The van der Waals surface area contributed by atoms with Crippen molar-refractivity contribution in [3.8, 4) is 0 Å². The Labute approximate surface area is 143 Å². The maximum absolute atomic E-state index is 5.77. The van der Waals surface area contributed by atoms with Crippen LogP contribution in [0.3, 0.4) is 0 Å². The van der Waals surface area contributed by atoms with Gasteiger partial charge in [-0.1, -0.05) is 45.4 Å². The molecule has 0 aromatic heterocycles. The second-order valence-electron chi connectivity index (χ2n) is 7.81. The molecule has 1 aliphatic carbocycles. The van der Waals surface area contributed by atoms with Crippen molar-refractivity contribution in [3.63, 3.8) is 0 Å². The third kappa shape index (κ3) is 5.72. The monoisotopic (exact) mass is 326 g/mol. The highest BCUT2D eigenvalue weighted by molar-refractivity contribution is 4.93. The molecule has 0 spiro atoms. The molecule has 3 nitrogen and oxygen atoms in total. The summed E-state index contributed by atoms with van der Waals surface area (Å²) in [5.41, 5.74) is 0. The number of ether oxygens (including phenoxy) is 3. The van der Waals surface area contributed by atoms with E-state index in [4.69, 9.17) is 14.2 Å². The molecule has 0 amide bonds. The van der Waals surface area contributed by atoms with Crippen molar-refractivity contribution in [1.29, 1.82) is 0 Å². The first kappa shape index (κ1) is 19.2. The summed E-state index contributed by atoms with van der Waals surface area (Å²) in [5, 5.41) is 0. The zero-order valence-electron chi connectivity index (χ0n) is 15.8. The van der Waals surface area contributed by atoms with Crippen LogP contribution in [0.4, 0.5) is 0 Å². The molecule has 2 rings (SSSR count). The highest BCUT2D eigenvalue weighted by atomic mass is 16.7. The van der Waals surface area contributed by atoms with Crippen molar-refractivity contribution in [3.05, 3.63) is 0 Å². The molecule has 3 heteroatoms. The third-order valence-electron chi connectivity index (χ3n) is 6.19. The van der Waals surface area contributed by atoms with E-state index in [-0.39, 0.29) is 0 Å². The van der Waals surface area contributed by atoms with Crippen LogP contribution in [0.2, 0.25) is 0 Å². The second-order valence-corrected chi connectivity index (χ2v) is 7.81. The first-order chi connectivity index (χ1) is 11.1. The molecule has 136 valence electrons. The summed E-state index contributed by atoms with van der Waals surface area (Å²) in [6.07, 6.45) is 15.5. The Morgan fingerprint density at radius 2 is 1.70 bits per heavy atom. The Balaban J connectivity index is 1.79. The van der Waals surface area contributed by atoms with Crippen LogP contribution in [0, 0.1) is 11.8 Å². The molecular formula is C20H38O3. The van der Waals surface area contributed by atoms with E-state index in [9.17, 15) is 0 Å². The SMILES string of the molecule is CCCCCCCCC(CC1CCC2OC2C1)C(C)(OC)OC. The molecule has 1 saturated carbocycles. The summed E-state index contributed by atoms with van der Waals surface area (Å²) in [6.45, 7) is 4.39. The maximum atomic E-state index is 5.77. The predicted octanol–water partition coefficient (Wildman–Crippen LogP) is 5.32. The Morgan fingerprint density at radius 1 is 1.00 bits per heavy atom. The van der Waals surface area contributed by atoms with E-state index in [2.05, 4.69) is 13.8 Å². The lowest BCUT2D eigenvalue weighted by Gasteiger charge is -2.37. The molecule has 0 radical (unpaired) electrons. The topological polar surface area (TPSA) is 31.0 Å². The standard InChI is InChI=1S/C20H38O3/c1-5-6-7-8-9-10-11-17(20(2,21-3)22-4)14-16-12-13-18-19(15-16)23-18/h16-19H,5-15H2,1-4H3. The van der Waals surface area contributed by atoms with Crippen molar-refractivity contribution in [2.24, 2.45) is 11.8 Å². The largest absolute Gasteiger partial charge is 0.370 e. The van der Waals surface area contributed by atoms with Crippen LogP contribution in [-0.4, -0.2) is 32.2 Å². The molecule has 2 fully saturated rings. The molecule has 1 saturated heterocycles. The van der Waals surface area contributed by atoms with Crippen LogP contribution in [0.15, 0.2) is 0 Å². The lowest BCUT2D eigenvalue weighted by Crippen LogP contribution is -2.40. The van der Waals surface area contributed by atoms with Gasteiger partial charge in [-0.2, -0.15) is 0 Å². The van der Waals surface area contributed by atoms with Gasteiger partial charge in [0.2, 0.25) is 0 Å². The summed E-state index contributed by atoms with van der Waals surface area (Å²) in [4.78, 5) is 0. The fraction of sp³-hybridized carbons (Fsp3) is 1.00. The fourth-order valence-corrected chi connectivity index (χ4v) is 4.29. The van der Waals surface area contributed by atoms with Crippen molar-refractivity contribution >= 4 is 0 Å². The second kappa shape index (κ2) is 9.39. The highest BCUT2D eigenvalue weighted by Gasteiger charge is 2.45. The number of fused-ring (bicyclic) bond motifs is 1. The number of unbranched alkanes of at least 4 members (excludes halogenated alkanes) is 5. The minimum Gasteiger partial charge on any atom is -0.370 e. The fourth-order valence-electron chi connectivity index (χ4n) is 4.29. The van der Waals surface area contributed by atoms with E-state index >= 15 is 0 Å². The van der Waals surface area contributed by atoms with Crippen molar-refractivity contribution < 1.29 is 14.2 Å². The average Bonchev–Trinajstić information content (AvgIpc) is 3.34. The van der Waals surface area contributed by atoms with E-state index in [1.54, 1.807) is 14.2 Å². The molecule has 23 heavy (non-hydrogen) atoms. The maximum Gasteiger partial charge on any atom is 0.167 e. The summed E-state index contributed by atoms with van der Waals surface area (Å²) in [5.74, 6) is 0.836. The molecular weight excluding hydrogens is 288 g/mol. The van der Waals surface area contributed by atoms with E-state index in [0.717, 1.165) is 5.92 Å². The van der Waals surface area contributed by atoms with Crippen molar-refractivity contribution in [2.75, 3.05) is 14.2 Å². The molecule has 0 N–H and O–H groups in total.